The van der Waals surface area contributed by atoms with Gasteiger partial charge in [0.15, 0.2) is 0 Å². The summed E-state index contributed by atoms with van der Waals surface area (Å²) in [6.07, 6.45) is 0.743. The molecule has 32 heavy (non-hydrogen) atoms. The average molecular weight is 453 g/mol. The molecule has 7 nitrogen and oxygen atoms in total. The monoisotopic (exact) mass is 452 g/mol. The Labute approximate surface area is 188 Å². The van der Waals surface area contributed by atoms with Crippen molar-refractivity contribution >= 4 is 23.2 Å². The maximum Gasteiger partial charge on any atom is 0.265 e. The van der Waals surface area contributed by atoms with Crippen LogP contribution in [0.4, 0.5) is 20.2 Å². The molecule has 1 atom stereocenters. The molecule has 2 aliphatic rings. The van der Waals surface area contributed by atoms with Gasteiger partial charge in [-0.25, -0.2) is 8.78 Å². The second-order valence-corrected chi connectivity index (χ2v) is 9.06. The van der Waals surface area contributed by atoms with Crippen LogP contribution in [0.5, 0.6) is 0 Å². The summed E-state index contributed by atoms with van der Waals surface area (Å²) in [4.78, 5) is 28.6. The average Bonchev–Trinajstić information content (AvgIpc) is 2.71. The number of amides is 2. The second kappa shape index (κ2) is 11.2. The highest BCUT2D eigenvalue weighted by Crippen LogP contribution is 2.33. The van der Waals surface area contributed by atoms with E-state index in [0.717, 1.165) is 25.9 Å². The van der Waals surface area contributed by atoms with Crippen molar-refractivity contribution in [3.8, 4) is 0 Å². The van der Waals surface area contributed by atoms with Crippen LogP contribution in [0.3, 0.4) is 0 Å². The van der Waals surface area contributed by atoms with Gasteiger partial charge in [0.1, 0.15) is 12.6 Å². The number of hydrogen-bond donors (Lipinski definition) is 2. The summed E-state index contributed by atoms with van der Waals surface area (Å²) in [7, 11) is 0. The molecule has 2 amide bonds. The number of nitrogens with zero attached hydrogens (tertiary/aromatic N) is 2. The van der Waals surface area contributed by atoms with E-state index in [1.165, 1.54) is 23.5 Å². The molecule has 1 aromatic rings. The first kappa shape index (κ1) is 24.5. The number of halogens is 2. The van der Waals surface area contributed by atoms with Crippen LogP contribution in [-0.4, -0.2) is 62.1 Å². The lowest BCUT2D eigenvalue weighted by molar-refractivity contribution is -0.125. The molecule has 1 saturated carbocycles. The lowest BCUT2D eigenvalue weighted by atomic mass is 9.84. The van der Waals surface area contributed by atoms with Crippen LogP contribution in [0, 0.1) is 11.8 Å². The van der Waals surface area contributed by atoms with Gasteiger partial charge in [-0.15, -0.1) is 0 Å². The molecule has 3 rings (SSSR count). The zero-order valence-corrected chi connectivity index (χ0v) is 18.9. The van der Waals surface area contributed by atoms with E-state index in [1.54, 1.807) is 6.07 Å². The first-order chi connectivity index (χ1) is 15.3. The number of nitrogens with one attached hydrogen (secondary N) is 1. The normalized spacial score (nSPS) is 18.4. The molecule has 178 valence electrons. The third kappa shape index (κ3) is 6.02. The molecule has 9 heteroatoms. The van der Waals surface area contributed by atoms with Gasteiger partial charge in [0.05, 0.1) is 12.3 Å². The van der Waals surface area contributed by atoms with Crippen molar-refractivity contribution < 1.29 is 23.1 Å². The smallest absolute Gasteiger partial charge is 0.265 e. The minimum Gasteiger partial charge on any atom is -0.370 e. The molecule has 2 fully saturated rings. The van der Waals surface area contributed by atoms with Crippen LogP contribution >= 0.6 is 0 Å². The molecule has 1 aliphatic heterocycles. The lowest BCUT2D eigenvalue weighted by Gasteiger charge is -2.37. The Hall–Kier alpha value is -2.10. The van der Waals surface area contributed by atoms with Crippen LogP contribution in [-0.2, 0) is 14.3 Å². The number of carbonyl (C=O) groups excluding carboxylic acids is 2. The van der Waals surface area contributed by atoms with Crippen LogP contribution < -0.4 is 16.0 Å². The molecule has 0 radical (unpaired) electrons. The molecule has 0 aromatic heterocycles. The van der Waals surface area contributed by atoms with Crippen molar-refractivity contribution in [2.24, 2.45) is 17.6 Å². The lowest BCUT2D eigenvalue weighted by Crippen LogP contribution is -2.52. The fourth-order valence-corrected chi connectivity index (χ4v) is 4.28. The van der Waals surface area contributed by atoms with Gasteiger partial charge < -0.3 is 20.7 Å². The summed E-state index contributed by atoms with van der Waals surface area (Å²) in [6.45, 7) is 6.27. The molecule has 0 unspecified atom stereocenters. The molecular formula is C23H34F2N4O3. The van der Waals surface area contributed by atoms with Gasteiger partial charge in [-0.3, -0.25) is 14.5 Å². The fraction of sp³-hybridized carbons (Fsp3) is 0.652. The molecule has 3 N–H and O–H groups in total. The summed E-state index contributed by atoms with van der Waals surface area (Å²) in [5.41, 5.74) is 6.09. The van der Waals surface area contributed by atoms with Crippen molar-refractivity contribution in [3.05, 3.63) is 23.8 Å². The Bertz CT molecular complexity index is 801. The summed E-state index contributed by atoms with van der Waals surface area (Å²) in [5.74, 6) is 0.278. The number of morpholine rings is 1. The number of nitrogens with two attached hydrogens (primary N) is 1. The highest BCUT2D eigenvalue weighted by atomic mass is 19.3. The van der Waals surface area contributed by atoms with Crippen molar-refractivity contribution in [1.82, 2.24) is 4.90 Å². The van der Waals surface area contributed by atoms with E-state index in [-0.39, 0.29) is 55.1 Å². The van der Waals surface area contributed by atoms with Gasteiger partial charge in [-0.2, -0.15) is 0 Å². The number of anilines is 2. The Morgan fingerprint density at radius 2 is 2.09 bits per heavy atom. The molecule has 0 spiro atoms. The molecule has 1 heterocycles. The summed E-state index contributed by atoms with van der Waals surface area (Å²) < 4.78 is 32.7. The second-order valence-electron chi connectivity index (χ2n) is 9.06. The van der Waals surface area contributed by atoms with E-state index in [9.17, 15) is 18.4 Å². The number of ether oxygens (including phenoxy) is 1. The predicted molar refractivity (Wildman–Crippen MR) is 120 cm³/mol. The van der Waals surface area contributed by atoms with Crippen LogP contribution in [0.1, 0.15) is 45.1 Å². The highest BCUT2D eigenvalue weighted by molar-refractivity contribution is 5.97. The highest BCUT2D eigenvalue weighted by Gasteiger charge is 2.30. The van der Waals surface area contributed by atoms with E-state index < -0.39 is 12.5 Å². The van der Waals surface area contributed by atoms with Gasteiger partial charge >= 0.3 is 0 Å². The van der Waals surface area contributed by atoms with Crippen molar-refractivity contribution in [3.63, 3.8) is 0 Å². The number of alkyl halides is 2. The zero-order valence-electron chi connectivity index (χ0n) is 18.9. The van der Waals surface area contributed by atoms with Crippen molar-refractivity contribution in [2.75, 3.05) is 49.6 Å². The summed E-state index contributed by atoms with van der Waals surface area (Å²) >= 11 is 0. The molecular weight excluding hydrogens is 418 g/mol. The largest absolute Gasteiger partial charge is 0.370 e. The van der Waals surface area contributed by atoms with Crippen LogP contribution in [0.2, 0.25) is 0 Å². The number of carbonyl (C=O) groups is 2. The van der Waals surface area contributed by atoms with Gasteiger partial charge in [0.25, 0.3) is 12.3 Å². The Balaban J connectivity index is 1.77. The first-order valence-electron chi connectivity index (χ1n) is 11.3. The molecule has 1 aliphatic carbocycles. The minimum atomic E-state index is -2.79. The molecule has 0 bridgehead atoms. The van der Waals surface area contributed by atoms with Crippen molar-refractivity contribution in [2.45, 2.75) is 45.6 Å². The quantitative estimate of drug-likeness (QED) is 0.570. The van der Waals surface area contributed by atoms with Crippen LogP contribution in [0.25, 0.3) is 0 Å². The van der Waals surface area contributed by atoms with Crippen molar-refractivity contribution in [1.29, 1.82) is 0 Å². The van der Waals surface area contributed by atoms with E-state index in [2.05, 4.69) is 24.1 Å². The maximum absolute atomic E-state index is 13.8. The van der Waals surface area contributed by atoms with E-state index >= 15 is 0 Å². The van der Waals surface area contributed by atoms with Gasteiger partial charge in [-0.05, 0) is 42.9 Å². The van der Waals surface area contributed by atoms with Gasteiger partial charge in [0.2, 0.25) is 5.91 Å². The Morgan fingerprint density at radius 3 is 2.66 bits per heavy atom. The third-order valence-corrected chi connectivity index (χ3v) is 6.09. The van der Waals surface area contributed by atoms with Crippen LogP contribution in [0.15, 0.2) is 18.2 Å². The topological polar surface area (TPSA) is 87.9 Å². The maximum atomic E-state index is 13.8. The molecule has 1 aromatic carbocycles. The predicted octanol–water partition coefficient (Wildman–Crippen LogP) is 3.01. The fourth-order valence-electron chi connectivity index (χ4n) is 4.28. The van der Waals surface area contributed by atoms with Gasteiger partial charge in [-0.1, -0.05) is 20.3 Å². The summed E-state index contributed by atoms with van der Waals surface area (Å²) in [5, 5.41) is 2.77. The van der Waals surface area contributed by atoms with Gasteiger partial charge in [0, 0.05) is 37.4 Å². The SMILES string of the molecule is CC(C)CN(CC1CCC1)[C@@H](CN)C(=O)Nc1ccc(N2CCOCC2=O)c(C(F)F)c1. The number of rotatable bonds is 10. The number of benzene rings is 1. The van der Waals surface area contributed by atoms with E-state index in [0.29, 0.717) is 11.8 Å². The first-order valence-corrected chi connectivity index (χ1v) is 11.3. The van der Waals surface area contributed by atoms with E-state index in [1.807, 2.05) is 0 Å². The summed E-state index contributed by atoms with van der Waals surface area (Å²) in [6, 6.07) is 3.72. The van der Waals surface area contributed by atoms with E-state index in [4.69, 9.17) is 10.5 Å². The third-order valence-electron chi connectivity index (χ3n) is 6.09. The Kier molecular flexibility index (Phi) is 8.56. The molecule has 1 saturated heterocycles. The zero-order chi connectivity index (χ0) is 23.3. The number of hydrogen-bond acceptors (Lipinski definition) is 5. The minimum absolute atomic E-state index is 0.133. The Morgan fingerprint density at radius 1 is 1.34 bits per heavy atom. The standard InChI is InChI=1S/C23H34F2N4O3/c1-15(2)12-28(13-16-4-3-5-16)20(11-26)23(31)27-17-6-7-19(18(10-17)22(24)25)29-8-9-32-14-21(29)30/h6-7,10,15-16,20,22H,3-5,8-9,11-14,26H2,1-2H3,(H,27,31)/t20-/m0/s1.